The average molecular weight is 246 g/mol. The molecule has 0 radical (unpaired) electrons. The summed E-state index contributed by atoms with van der Waals surface area (Å²) in [6.45, 7) is 5.01. The summed E-state index contributed by atoms with van der Waals surface area (Å²) in [5.74, 6) is 1.28. The van der Waals surface area contributed by atoms with Crippen molar-refractivity contribution in [2.75, 3.05) is 12.3 Å². The molecule has 4 N–H and O–H groups in total. The van der Waals surface area contributed by atoms with Crippen molar-refractivity contribution in [2.45, 2.75) is 26.3 Å². The van der Waals surface area contributed by atoms with E-state index in [4.69, 9.17) is 5.73 Å². The van der Waals surface area contributed by atoms with Gasteiger partial charge in [0.25, 0.3) is 0 Å². The molecule has 0 aliphatic heterocycles. The summed E-state index contributed by atoms with van der Waals surface area (Å²) in [7, 11) is 0. The number of hydrogen-bond donors (Lipinski definition) is 3. The molecule has 0 saturated carbocycles. The predicted molar refractivity (Wildman–Crippen MR) is 69.9 cm³/mol. The molecule has 0 aliphatic rings. The van der Waals surface area contributed by atoms with E-state index in [9.17, 15) is 0 Å². The van der Waals surface area contributed by atoms with E-state index in [1.165, 1.54) is 6.33 Å². The molecular formula is C12H18N6. The van der Waals surface area contributed by atoms with Crippen LogP contribution in [0.4, 0.5) is 5.82 Å². The van der Waals surface area contributed by atoms with Crippen LogP contribution in [-0.4, -0.2) is 26.7 Å². The SMILES string of the molecule is CCCNC(c1ncn[nH]1)c1c(C)ccnc1N. The topological polar surface area (TPSA) is 92.5 Å². The number of aryl methyl sites for hydroxylation is 1. The van der Waals surface area contributed by atoms with Gasteiger partial charge in [0.1, 0.15) is 18.0 Å². The van der Waals surface area contributed by atoms with E-state index in [0.717, 1.165) is 29.9 Å². The van der Waals surface area contributed by atoms with E-state index >= 15 is 0 Å². The van der Waals surface area contributed by atoms with Crippen molar-refractivity contribution in [3.63, 3.8) is 0 Å². The highest BCUT2D eigenvalue weighted by atomic mass is 15.2. The highest BCUT2D eigenvalue weighted by molar-refractivity contribution is 5.48. The van der Waals surface area contributed by atoms with Crippen molar-refractivity contribution in [3.05, 3.63) is 35.5 Å². The Morgan fingerprint density at radius 3 is 2.89 bits per heavy atom. The monoisotopic (exact) mass is 246 g/mol. The van der Waals surface area contributed by atoms with Gasteiger partial charge in [0.2, 0.25) is 0 Å². The Balaban J connectivity index is 2.40. The zero-order chi connectivity index (χ0) is 13.0. The molecule has 0 bridgehead atoms. The highest BCUT2D eigenvalue weighted by Crippen LogP contribution is 2.26. The number of nitrogens with two attached hydrogens (primary N) is 1. The van der Waals surface area contributed by atoms with Crippen molar-refractivity contribution in [1.29, 1.82) is 0 Å². The van der Waals surface area contributed by atoms with E-state index in [2.05, 4.69) is 32.4 Å². The Hall–Kier alpha value is -1.95. The summed E-state index contributed by atoms with van der Waals surface area (Å²) in [6.07, 6.45) is 4.24. The van der Waals surface area contributed by atoms with Crippen molar-refractivity contribution >= 4 is 5.82 Å². The molecule has 0 aliphatic carbocycles. The standard InChI is InChI=1S/C12H18N6/c1-3-5-14-10(12-16-7-17-18-12)9-8(2)4-6-15-11(9)13/h4,6-7,10,14H,3,5H2,1-2H3,(H2,13,15)(H,16,17,18). The van der Waals surface area contributed by atoms with Crippen LogP contribution in [0, 0.1) is 6.92 Å². The van der Waals surface area contributed by atoms with Crippen LogP contribution < -0.4 is 11.1 Å². The van der Waals surface area contributed by atoms with Gasteiger partial charge in [-0.25, -0.2) is 9.97 Å². The normalized spacial score (nSPS) is 12.6. The smallest absolute Gasteiger partial charge is 0.146 e. The van der Waals surface area contributed by atoms with Crippen molar-refractivity contribution < 1.29 is 0 Å². The summed E-state index contributed by atoms with van der Waals surface area (Å²) in [5, 5.41) is 10.2. The number of rotatable bonds is 5. The van der Waals surface area contributed by atoms with Gasteiger partial charge in [-0.1, -0.05) is 6.92 Å². The number of anilines is 1. The summed E-state index contributed by atoms with van der Waals surface area (Å²) in [4.78, 5) is 8.37. The molecule has 0 amide bonds. The summed E-state index contributed by atoms with van der Waals surface area (Å²) < 4.78 is 0. The second-order valence-corrected chi connectivity index (χ2v) is 4.18. The van der Waals surface area contributed by atoms with Crippen LogP contribution >= 0.6 is 0 Å². The first-order valence-corrected chi connectivity index (χ1v) is 6.03. The summed E-state index contributed by atoms with van der Waals surface area (Å²) >= 11 is 0. The molecule has 6 nitrogen and oxygen atoms in total. The molecule has 2 aromatic heterocycles. The van der Waals surface area contributed by atoms with Gasteiger partial charge < -0.3 is 11.1 Å². The molecular weight excluding hydrogens is 228 g/mol. The quantitative estimate of drug-likeness (QED) is 0.736. The molecule has 96 valence electrons. The minimum atomic E-state index is -0.0962. The summed E-state index contributed by atoms with van der Waals surface area (Å²) in [6, 6.07) is 1.85. The molecule has 1 unspecified atom stereocenters. The number of nitrogen functional groups attached to an aromatic ring is 1. The maximum absolute atomic E-state index is 5.99. The Morgan fingerprint density at radius 2 is 2.28 bits per heavy atom. The third kappa shape index (κ3) is 2.48. The first-order chi connectivity index (χ1) is 8.74. The number of H-pyrrole nitrogens is 1. The molecule has 6 heteroatoms. The second kappa shape index (κ2) is 5.59. The van der Waals surface area contributed by atoms with Crippen LogP contribution in [0.25, 0.3) is 0 Å². The largest absolute Gasteiger partial charge is 0.383 e. The van der Waals surface area contributed by atoms with Crippen LogP contribution in [0.15, 0.2) is 18.6 Å². The van der Waals surface area contributed by atoms with Crippen molar-refractivity contribution in [1.82, 2.24) is 25.5 Å². The van der Waals surface area contributed by atoms with E-state index in [1.54, 1.807) is 6.20 Å². The summed E-state index contributed by atoms with van der Waals surface area (Å²) in [5.41, 5.74) is 8.04. The van der Waals surface area contributed by atoms with Crippen molar-refractivity contribution in [3.8, 4) is 0 Å². The van der Waals surface area contributed by atoms with E-state index < -0.39 is 0 Å². The fourth-order valence-corrected chi connectivity index (χ4v) is 1.94. The minimum Gasteiger partial charge on any atom is -0.383 e. The zero-order valence-electron chi connectivity index (χ0n) is 10.6. The lowest BCUT2D eigenvalue weighted by molar-refractivity contribution is 0.571. The fourth-order valence-electron chi connectivity index (χ4n) is 1.94. The molecule has 18 heavy (non-hydrogen) atoms. The first kappa shape index (κ1) is 12.5. The van der Waals surface area contributed by atoms with E-state index in [1.807, 2.05) is 13.0 Å². The maximum Gasteiger partial charge on any atom is 0.146 e. The van der Waals surface area contributed by atoms with Gasteiger partial charge in [0, 0.05) is 11.8 Å². The molecule has 0 spiro atoms. The minimum absolute atomic E-state index is 0.0962. The van der Waals surface area contributed by atoms with Crippen molar-refractivity contribution in [2.24, 2.45) is 0 Å². The molecule has 0 aromatic carbocycles. The number of aromatic nitrogens is 4. The molecule has 0 fully saturated rings. The van der Waals surface area contributed by atoms with Crippen LogP contribution in [0.2, 0.25) is 0 Å². The Morgan fingerprint density at radius 1 is 1.44 bits per heavy atom. The van der Waals surface area contributed by atoms with E-state index in [0.29, 0.717) is 5.82 Å². The lowest BCUT2D eigenvalue weighted by atomic mass is 10.0. The molecule has 2 aromatic rings. The lowest BCUT2D eigenvalue weighted by Gasteiger charge is -2.19. The van der Waals surface area contributed by atoms with Gasteiger partial charge >= 0.3 is 0 Å². The van der Waals surface area contributed by atoms with Gasteiger partial charge in [0.15, 0.2) is 0 Å². The average Bonchev–Trinajstić information content (AvgIpc) is 2.86. The first-order valence-electron chi connectivity index (χ1n) is 6.03. The number of nitrogens with one attached hydrogen (secondary N) is 2. The van der Waals surface area contributed by atoms with Gasteiger partial charge in [-0.15, -0.1) is 0 Å². The predicted octanol–water partition coefficient (Wildman–Crippen LogP) is 1.18. The second-order valence-electron chi connectivity index (χ2n) is 4.18. The third-order valence-electron chi connectivity index (χ3n) is 2.83. The van der Waals surface area contributed by atoms with Crippen LogP contribution in [0.1, 0.15) is 36.3 Å². The van der Waals surface area contributed by atoms with Gasteiger partial charge in [0.05, 0.1) is 6.04 Å². The molecule has 2 heterocycles. The molecule has 2 rings (SSSR count). The molecule has 1 atom stereocenters. The third-order valence-corrected chi connectivity index (χ3v) is 2.83. The Kier molecular flexibility index (Phi) is 3.88. The number of hydrogen-bond acceptors (Lipinski definition) is 5. The number of aromatic amines is 1. The zero-order valence-corrected chi connectivity index (χ0v) is 10.6. The number of nitrogens with zero attached hydrogens (tertiary/aromatic N) is 3. The Labute approximate surface area is 106 Å². The number of pyridine rings is 1. The van der Waals surface area contributed by atoms with Crippen LogP contribution in [-0.2, 0) is 0 Å². The molecule has 0 saturated heterocycles. The highest BCUT2D eigenvalue weighted by Gasteiger charge is 2.21. The fraction of sp³-hybridized carbons (Fsp3) is 0.417. The van der Waals surface area contributed by atoms with Gasteiger partial charge in [-0.05, 0) is 31.5 Å². The maximum atomic E-state index is 5.99. The van der Waals surface area contributed by atoms with Gasteiger partial charge in [-0.3, -0.25) is 5.10 Å². The van der Waals surface area contributed by atoms with Crippen LogP contribution in [0.3, 0.4) is 0 Å². The lowest BCUT2D eigenvalue weighted by Crippen LogP contribution is -2.26. The van der Waals surface area contributed by atoms with E-state index in [-0.39, 0.29) is 6.04 Å². The Bertz CT molecular complexity index is 473. The van der Waals surface area contributed by atoms with Crippen LogP contribution in [0.5, 0.6) is 0 Å². The van der Waals surface area contributed by atoms with Gasteiger partial charge in [-0.2, -0.15) is 5.10 Å².